The first-order chi connectivity index (χ1) is 12.7. The maximum absolute atomic E-state index is 5.63. The van der Waals surface area contributed by atoms with E-state index in [0.717, 1.165) is 28.6 Å². The first-order valence-electron chi connectivity index (χ1n) is 8.52. The lowest BCUT2D eigenvalue weighted by molar-refractivity contribution is 0.171. The fraction of sp³-hybridized carbons (Fsp3) is 0.200. The van der Waals surface area contributed by atoms with Gasteiger partial charge in [0.05, 0.1) is 0 Å². The number of ether oxygens (including phenoxy) is 2. The third-order valence-electron chi connectivity index (χ3n) is 3.94. The zero-order valence-electron chi connectivity index (χ0n) is 14.7. The van der Waals surface area contributed by atoms with Crippen LogP contribution in [0.25, 0.3) is 0 Å². The van der Waals surface area contributed by atoms with E-state index >= 15 is 0 Å². The van der Waals surface area contributed by atoms with Crippen LogP contribution in [-0.2, 0) is 0 Å². The highest BCUT2D eigenvalue weighted by Crippen LogP contribution is 2.33. The molecular weight excluding hydrogens is 328 g/mol. The van der Waals surface area contributed by atoms with Crippen molar-refractivity contribution in [3.63, 3.8) is 0 Å². The monoisotopic (exact) mass is 348 g/mol. The van der Waals surface area contributed by atoms with Crippen molar-refractivity contribution in [1.29, 1.82) is 0 Å². The van der Waals surface area contributed by atoms with Crippen LogP contribution in [0.2, 0.25) is 0 Å². The molecular formula is C20H20N4O2. The average molecular weight is 348 g/mol. The number of aryl methyl sites for hydroxylation is 2. The van der Waals surface area contributed by atoms with E-state index in [-0.39, 0.29) is 0 Å². The molecule has 0 atom stereocenters. The van der Waals surface area contributed by atoms with E-state index in [9.17, 15) is 0 Å². The van der Waals surface area contributed by atoms with Crippen molar-refractivity contribution in [2.75, 3.05) is 23.8 Å². The van der Waals surface area contributed by atoms with Gasteiger partial charge >= 0.3 is 0 Å². The zero-order valence-corrected chi connectivity index (χ0v) is 14.7. The standard InChI is InChI=1S/C20H20N4O2/c1-13-4-3-5-15(10-13)23-20-21-14(2)11-19(24-20)22-16-6-7-17-18(12-16)26-9-8-25-17/h3-7,10-12H,8-9H2,1-2H3,(H2,21,22,23,24). The first-order valence-corrected chi connectivity index (χ1v) is 8.52. The van der Waals surface area contributed by atoms with Crippen LogP contribution in [0.15, 0.2) is 48.5 Å². The minimum Gasteiger partial charge on any atom is -0.486 e. The van der Waals surface area contributed by atoms with E-state index in [2.05, 4.69) is 39.7 Å². The van der Waals surface area contributed by atoms with E-state index in [1.54, 1.807) is 0 Å². The Balaban J connectivity index is 1.56. The second kappa shape index (κ2) is 6.92. The summed E-state index contributed by atoms with van der Waals surface area (Å²) >= 11 is 0. The van der Waals surface area contributed by atoms with Gasteiger partial charge in [-0.25, -0.2) is 4.98 Å². The van der Waals surface area contributed by atoms with Crippen molar-refractivity contribution in [3.05, 3.63) is 59.8 Å². The molecule has 0 aliphatic carbocycles. The quantitative estimate of drug-likeness (QED) is 0.730. The average Bonchev–Trinajstić information content (AvgIpc) is 2.61. The summed E-state index contributed by atoms with van der Waals surface area (Å²) in [6, 6.07) is 15.8. The predicted molar refractivity (Wildman–Crippen MR) is 102 cm³/mol. The molecule has 2 aromatic carbocycles. The molecule has 0 spiro atoms. The van der Waals surface area contributed by atoms with Crippen LogP contribution in [0.5, 0.6) is 11.5 Å². The van der Waals surface area contributed by atoms with Crippen LogP contribution in [0.1, 0.15) is 11.3 Å². The van der Waals surface area contributed by atoms with Gasteiger partial charge in [0.1, 0.15) is 19.0 Å². The molecule has 0 radical (unpaired) electrons. The van der Waals surface area contributed by atoms with Crippen molar-refractivity contribution >= 4 is 23.1 Å². The van der Waals surface area contributed by atoms with Gasteiger partial charge in [-0.05, 0) is 43.7 Å². The molecule has 0 unspecified atom stereocenters. The molecule has 2 N–H and O–H groups in total. The minimum atomic E-state index is 0.552. The molecule has 26 heavy (non-hydrogen) atoms. The van der Waals surface area contributed by atoms with E-state index in [1.807, 2.05) is 43.3 Å². The van der Waals surface area contributed by atoms with E-state index in [4.69, 9.17) is 9.47 Å². The van der Waals surface area contributed by atoms with Crippen molar-refractivity contribution in [1.82, 2.24) is 9.97 Å². The van der Waals surface area contributed by atoms with Crippen molar-refractivity contribution in [3.8, 4) is 11.5 Å². The highest BCUT2D eigenvalue weighted by Gasteiger charge is 2.12. The number of fused-ring (bicyclic) bond motifs is 1. The van der Waals surface area contributed by atoms with Crippen molar-refractivity contribution in [2.45, 2.75) is 13.8 Å². The Morgan fingerprint density at radius 1 is 0.808 bits per heavy atom. The molecule has 1 aliphatic heterocycles. The largest absolute Gasteiger partial charge is 0.486 e. The van der Waals surface area contributed by atoms with Crippen molar-refractivity contribution < 1.29 is 9.47 Å². The lowest BCUT2D eigenvalue weighted by atomic mass is 10.2. The van der Waals surface area contributed by atoms with Crippen LogP contribution < -0.4 is 20.1 Å². The molecule has 2 heterocycles. The molecule has 132 valence electrons. The molecule has 0 amide bonds. The summed E-state index contributed by atoms with van der Waals surface area (Å²) in [6.07, 6.45) is 0. The molecule has 1 aliphatic rings. The maximum atomic E-state index is 5.63. The summed E-state index contributed by atoms with van der Waals surface area (Å²) in [5.41, 5.74) is 3.89. The number of nitrogens with zero attached hydrogens (tertiary/aromatic N) is 2. The number of hydrogen-bond acceptors (Lipinski definition) is 6. The molecule has 0 bridgehead atoms. The first kappa shape index (κ1) is 16.2. The summed E-state index contributed by atoms with van der Waals surface area (Å²) < 4.78 is 11.2. The Bertz CT molecular complexity index is 943. The summed E-state index contributed by atoms with van der Waals surface area (Å²) in [7, 11) is 0. The number of rotatable bonds is 4. The second-order valence-corrected chi connectivity index (χ2v) is 6.20. The molecule has 6 nitrogen and oxygen atoms in total. The Morgan fingerprint density at radius 3 is 2.46 bits per heavy atom. The lowest BCUT2D eigenvalue weighted by Crippen LogP contribution is -2.15. The third kappa shape index (κ3) is 3.69. The molecule has 6 heteroatoms. The molecule has 1 aromatic heterocycles. The predicted octanol–water partition coefficient (Wildman–Crippen LogP) is 4.35. The SMILES string of the molecule is Cc1cccc(Nc2nc(C)cc(Nc3ccc4c(c3)OCCO4)n2)c1. The van der Waals surface area contributed by atoms with E-state index in [1.165, 1.54) is 5.56 Å². The fourth-order valence-electron chi connectivity index (χ4n) is 2.81. The van der Waals surface area contributed by atoms with Crippen LogP contribution in [0, 0.1) is 13.8 Å². The highest BCUT2D eigenvalue weighted by atomic mass is 16.6. The fourth-order valence-corrected chi connectivity index (χ4v) is 2.81. The maximum Gasteiger partial charge on any atom is 0.229 e. The minimum absolute atomic E-state index is 0.552. The van der Waals surface area contributed by atoms with Crippen LogP contribution in [0.3, 0.4) is 0 Å². The van der Waals surface area contributed by atoms with Gasteiger partial charge in [-0.15, -0.1) is 0 Å². The summed E-state index contributed by atoms with van der Waals surface area (Å²) in [6.45, 7) is 5.14. The number of anilines is 4. The van der Waals surface area contributed by atoms with Gasteiger partial charge < -0.3 is 20.1 Å². The van der Waals surface area contributed by atoms with Gasteiger partial charge in [0.2, 0.25) is 5.95 Å². The van der Waals surface area contributed by atoms with E-state index < -0.39 is 0 Å². The normalized spacial score (nSPS) is 12.5. The Morgan fingerprint density at radius 2 is 1.62 bits per heavy atom. The van der Waals surface area contributed by atoms with Gasteiger partial charge in [0, 0.05) is 29.2 Å². The Hall–Kier alpha value is -3.28. The van der Waals surface area contributed by atoms with Gasteiger partial charge in [-0.2, -0.15) is 4.98 Å². The van der Waals surface area contributed by atoms with Crippen LogP contribution >= 0.6 is 0 Å². The van der Waals surface area contributed by atoms with E-state index in [0.29, 0.717) is 25.0 Å². The second-order valence-electron chi connectivity index (χ2n) is 6.20. The van der Waals surface area contributed by atoms with Gasteiger partial charge in [0.25, 0.3) is 0 Å². The molecule has 0 fully saturated rings. The number of benzene rings is 2. The van der Waals surface area contributed by atoms with Gasteiger partial charge in [0.15, 0.2) is 11.5 Å². The summed E-state index contributed by atoms with van der Waals surface area (Å²) in [4.78, 5) is 9.02. The Kier molecular flexibility index (Phi) is 4.31. The molecule has 0 saturated carbocycles. The Labute approximate surface area is 152 Å². The lowest BCUT2D eigenvalue weighted by Gasteiger charge is -2.19. The summed E-state index contributed by atoms with van der Waals surface area (Å²) in [5, 5.41) is 6.56. The summed E-state index contributed by atoms with van der Waals surface area (Å²) in [5.74, 6) is 2.77. The highest BCUT2D eigenvalue weighted by molar-refractivity contribution is 5.63. The van der Waals surface area contributed by atoms with Crippen LogP contribution in [0.4, 0.5) is 23.1 Å². The smallest absolute Gasteiger partial charge is 0.229 e. The molecule has 0 saturated heterocycles. The topological polar surface area (TPSA) is 68.3 Å². The third-order valence-corrected chi connectivity index (χ3v) is 3.94. The van der Waals surface area contributed by atoms with Crippen molar-refractivity contribution in [2.24, 2.45) is 0 Å². The zero-order chi connectivity index (χ0) is 17.9. The number of aromatic nitrogens is 2. The number of nitrogens with one attached hydrogen (secondary N) is 2. The molecule has 4 rings (SSSR count). The molecule has 3 aromatic rings. The van der Waals surface area contributed by atoms with Gasteiger partial charge in [-0.3, -0.25) is 0 Å². The van der Waals surface area contributed by atoms with Crippen LogP contribution in [-0.4, -0.2) is 23.2 Å². The van der Waals surface area contributed by atoms with Gasteiger partial charge in [-0.1, -0.05) is 12.1 Å². The number of hydrogen-bond donors (Lipinski definition) is 2.